The van der Waals surface area contributed by atoms with Crippen LogP contribution in [-0.2, 0) is 0 Å². The van der Waals surface area contributed by atoms with Crippen molar-refractivity contribution in [3.8, 4) is 0 Å². The first kappa shape index (κ1) is 21.0. The SMILES string of the molecule is C1=C\C=C/CCCCCCCCCCCCCCCC/C=C\C=C/1. The van der Waals surface area contributed by atoms with Crippen molar-refractivity contribution < 1.29 is 0 Å². The van der Waals surface area contributed by atoms with Crippen LogP contribution in [0.25, 0.3) is 0 Å². The smallest absolute Gasteiger partial charge is 0.0348 e. The van der Waals surface area contributed by atoms with Crippen LogP contribution in [0, 0.1) is 0 Å². The quantitative estimate of drug-likeness (QED) is 0.418. The van der Waals surface area contributed by atoms with Crippen LogP contribution in [0.5, 0.6) is 0 Å². The lowest BCUT2D eigenvalue weighted by Crippen LogP contribution is -1.83. The maximum absolute atomic E-state index is 2.30. The van der Waals surface area contributed by atoms with Gasteiger partial charge in [-0.1, -0.05) is 126 Å². The van der Waals surface area contributed by atoms with Gasteiger partial charge in [-0.2, -0.15) is 0 Å². The van der Waals surface area contributed by atoms with Gasteiger partial charge in [-0.3, -0.25) is 0 Å². The van der Waals surface area contributed by atoms with E-state index in [9.17, 15) is 0 Å². The summed E-state index contributed by atoms with van der Waals surface area (Å²) >= 11 is 0. The third-order valence-electron chi connectivity index (χ3n) is 4.82. The standard InChI is InChI=1S/C24H40/c1-2-4-6-8-10-12-14-16-18-20-22-24-23-21-19-17-15-13-11-9-7-5-3-1/h1-8H,9-24H2/b3-1-,4-2-,7-5-,8-6-. The van der Waals surface area contributed by atoms with E-state index in [1.54, 1.807) is 0 Å². The Hall–Kier alpha value is -1.04. The second-order valence-electron chi connectivity index (χ2n) is 7.15. The summed E-state index contributed by atoms with van der Waals surface area (Å²) in [6, 6.07) is 0. The van der Waals surface area contributed by atoms with Crippen molar-refractivity contribution in [1.29, 1.82) is 0 Å². The van der Waals surface area contributed by atoms with Gasteiger partial charge < -0.3 is 0 Å². The number of hydrogen-bond donors (Lipinski definition) is 0. The van der Waals surface area contributed by atoms with Crippen molar-refractivity contribution in [1.82, 2.24) is 0 Å². The van der Waals surface area contributed by atoms with Crippen LogP contribution in [0.2, 0.25) is 0 Å². The van der Waals surface area contributed by atoms with Gasteiger partial charge in [-0.25, -0.2) is 0 Å². The van der Waals surface area contributed by atoms with Crippen molar-refractivity contribution in [3.05, 3.63) is 48.6 Å². The van der Waals surface area contributed by atoms with E-state index in [0.717, 1.165) is 0 Å². The summed E-state index contributed by atoms with van der Waals surface area (Å²) in [5.74, 6) is 0. The van der Waals surface area contributed by atoms with E-state index in [1.165, 1.54) is 103 Å². The molecule has 0 unspecified atom stereocenters. The van der Waals surface area contributed by atoms with E-state index in [2.05, 4.69) is 48.6 Å². The molecule has 0 spiro atoms. The fraction of sp³-hybridized carbons (Fsp3) is 0.667. The van der Waals surface area contributed by atoms with Gasteiger partial charge in [-0.15, -0.1) is 0 Å². The predicted octanol–water partition coefficient (Wildman–Crippen LogP) is 8.47. The lowest BCUT2D eigenvalue weighted by Gasteiger charge is -2.03. The highest BCUT2D eigenvalue weighted by molar-refractivity contribution is 5.15. The van der Waals surface area contributed by atoms with E-state index >= 15 is 0 Å². The molecule has 1 aliphatic rings. The molecule has 0 atom stereocenters. The number of rotatable bonds is 0. The highest BCUT2D eigenvalue weighted by atomic mass is 14.0. The predicted molar refractivity (Wildman–Crippen MR) is 110 cm³/mol. The largest absolute Gasteiger partial charge is 0.0845 e. The maximum Gasteiger partial charge on any atom is -0.0348 e. The summed E-state index contributed by atoms with van der Waals surface area (Å²) in [6.45, 7) is 0. The molecule has 0 radical (unpaired) electrons. The summed E-state index contributed by atoms with van der Waals surface area (Å²) in [4.78, 5) is 0. The van der Waals surface area contributed by atoms with Crippen molar-refractivity contribution in [3.63, 3.8) is 0 Å². The molecule has 0 amide bonds. The van der Waals surface area contributed by atoms with Gasteiger partial charge in [0.05, 0.1) is 0 Å². The molecule has 1 rings (SSSR count). The summed E-state index contributed by atoms with van der Waals surface area (Å²) in [5.41, 5.74) is 0. The molecular weight excluding hydrogens is 288 g/mol. The Balaban J connectivity index is 2.20. The lowest BCUT2D eigenvalue weighted by molar-refractivity contribution is 0.534. The average Bonchev–Trinajstić information content (AvgIpc) is 2.59. The third kappa shape index (κ3) is 15.8. The normalized spacial score (nSPS) is 26.7. The summed E-state index contributed by atoms with van der Waals surface area (Å²) in [6.07, 6.45) is 40.0. The Morgan fingerprint density at radius 2 is 0.500 bits per heavy atom. The summed E-state index contributed by atoms with van der Waals surface area (Å²) in [7, 11) is 0. The minimum atomic E-state index is 1.23. The molecule has 0 saturated carbocycles. The Morgan fingerprint density at radius 3 is 0.833 bits per heavy atom. The van der Waals surface area contributed by atoms with Gasteiger partial charge in [0.15, 0.2) is 0 Å². The lowest BCUT2D eigenvalue weighted by atomic mass is 10.0. The van der Waals surface area contributed by atoms with E-state index in [0.29, 0.717) is 0 Å². The maximum atomic E-state index is 2.30. The first-order chi connectivity index (χ1) is 12.0. The minimum Gasteiger partial charge on any atom is -0.0845 e. The first-order valence-corrected chi connectivity index (χ1v) is 10.6. The molecule has 0 heteroatoms. The molecule has 0 N–H and O–H groups in total. The molecule has 0 heterocycles. The summed E-state index contributed by atoms with van der Waals surface area (Å²) in [5, 5.41) is 0. The van der Waals surface area contributed by atoms with Gasteiger partial charge in [0.1, 0.15) is 0 Å². The Morgan fingerprint density at radius 1 is 0.250 bits per heavy atom. The highest BCUT2D eigenvalue weighted by Gasteiger charge is 1.94. The highest BCUT2D eigenvalue weighted by Crippen LogP contribution is 2.14. The minimum absolute atomic E-state index is 1.23. The van der Waals surface area contributed by atoms with E-state index in [1.807, 2.05) is 0 Å². The Bertz CT molecular complexity index is 320. The van der Waals surface area contributed by atoms with E-state index in [-0.39, 0.29) is 0 Å². The topological polar surface area (TPSA) is 0 Å². The van der Waals surface area contributed by atoms with Crippen LogP contribution in [0.3, 0.4) is 0 Å². The average molecular weight is 329 g/mol. The van der Waals surface area contributed by atoms with Gasteiger partial charge in [0.25, 0.3) is 0 Å². The molecule has 24 heavy (non-hydrogen) atoms. The second kappa shape index (κ2) is 18.3. The molecule has 0 nitrogen and oxygen atoms in total. The zero-order valence-electron chi connectivity index (χ0n) is 15.9. The molecule has 136 valence electrons. The van der Waals surface area contributed by atoms with Gasteiger partial charge in [0, 0.05) is 0 Å². The molecule has 0 aromatic heterocycles. The van der Waals surface area contributed by atoms with Crippen LogP contribution < -0.4 is 0 Å². The zero-order chi connectivity index (χ0) is 17.0. The van der Waals surface area contributed by atoms with Crippen LogP contribution in [-0.4, -0.2) is 0 Å². The van der Waals surface area contributed by atoms with Crippen molar-refractivity contribution in [2.75, 3.05) is 0 Å². The van der Waals surface area contributed by atoms with Crippen molar-refractivity contribution in [2.24, 2.45) is 0 Å². The van der Waals surface area contributed by atoms with Crippen molar-refractivity contribution >= 4 is 0 Å². The van der Waals surface area contributed by atoms with Gasteiger partial charge in [0.2, 0.25) is 0 Å². The fourth-order valence-electron chi connectivity index (χ4n) is 3.25. The zero-order valence-corrected chi connectivity index (χ0v) is 15.9. The molecule has 0 saturated heterocycles. The fourth-order valence-corrected chi connectivity index (χ4v) is 3.25. The molecule has 0 bridgehead atoms. The Labute approximate surface area is 151 Å². The van der Waals surface area contributed by atoms with Crippen LogP contribution in [0.1, 0.15) is 103 Å². The monoisotopic (exact) mass is 328 g/mol. The second-order valence-corrected chi connectivity index (χ2v) is 7.15. The molecular formula is C24H40. The number of allylic oxidation sites excluding steroid dienone is 8. The molecule has 1 aliphatic carbocycles. The number of hydrogen-bond acceptors (Lipinski definition) is 0. The summed E-state index contributed by atoms with van der Waals surface area (Å²) < 4.78 is 0. The molecule has 0 fully saturated rings. The van der Waals surface area contributed by atoms with E-state index in [4.69, 9.17) is 0 Å². The molecule has 0 aromatic carbocycles. The van der Waals surface area contributed by atoms with Gasteiger partial charge >= 0.3 is 0 Å². The van der Waals surface area contributed by atoms with Gasteiger partial charge in [-0.05, 0) is 25.7 Å². The van der Waals surface area contributed by atoms with E-state index < -0.39 is 0 Å². The Kier molecular flexibility index (Phi) is 16.0. The third-order valence-corrected chi connectivity index (χ3v) is 4.82. The van der Waals surface area contributed by atoms with Crippen LogP contribution in [0.4, 0.5) is 0 Å². The van der Waals surface area contributed by atoms with Crippen LogP contribution >= 0.6 is 0 Å². The molecule has 0 aromatic rings. The first-order valence-electron chi connectivity index (χ1n) is 10.6. The van der Waals surface area contributed by atoms with Crippen molar-refractivity contribution in [2.45, 2.75) is 103 Å². The molecule has 0 aliphatic heterocycles. The van der Waals surface area contributed by atoms with Crippen LogP contribution in [0.15, 0.2) is 48.6 Å².